The van der Waals surface area contributed by atoms with Gasteiger partial charge in [-0.1, -0.05) is 39.7 Å². The Morgan fingerprint density at radius 3 is 2.62 bits per heavy atom. The molecule has 3 nitrogen and oxygen atoms in total. The molecule has 3 rings (SSSR count). The van der Waals surface area contributed by atoms with Crippen molar-refractivity contribution in [3.63, 3.8) is 0 Å². The van der Waals surface area contributed by atoms with Crippen LogP contribution in [0, 0.1) is 6.92 Å². The van der Waals surface area contributed by atoms with E-state index in [9.17, 15) is 4.79 Å². The van der Waals surface area contributed by atoms with Crippen LogP contribution in [0.25, 0.3) is 0 Å². The summed E-state index contributed by atoms with van der Waals surface area (Å²) in [4.78, 5) is 13.2. The van der Waals surface area contributed by atoms with Crippen LogP contribution in [0.2, 0.25) is 5.02 Å². The van der Waals surface area contributed by atoms with E-state index in [1.165, 1.54) is 0 Å². The van der Waals surface area contributed by atoms with Crippen LogP contribution < -0.4 is 5.32 Å². The molecule has 1 aliphatic heterocycles. The third kappa shape index (κ3) is 3.51. The molecule has 0 radical (unpaired) electrons. The number of anilines is 1. The van der Waals surface area contributed by atoms with Gasteiger partial charge in [0.25, 0.3) is 0 Å². The van der Waals surface area contributed by atoms with E-state index in [2.05, 4.69) is 21.2 Å². The molecule has 1 N–H and O–H groups in total. The fourth-order valence-electron chi connectivity index (χ4n) is 3.16. The third-order valence-corrected chi connectivity index (χ3v) is 5.32. The van der Waals surface area contributed by atoms with E-state index < -0.39 is 5.41 Å². The van der Waals surface area contributed by atoms with Crippen molar-refractivity contribution in [2.75, 3.05) is 18.5 Å². The first-order valence-corrected chi connectivity index (χ1v) is 9.10. The zero-order chi connectivity index (χ0) is 17.2. The Bertz CT molecular complexity index is 757. The number of amides is 1. The SMILES string of the molecule is Cc1cc(Br)ccc1NC(=O)C1(c2cccc(Cl)c2)CCOCC1. The summed E-state index contributed by atoms with van der Waals surface area (Å²) in [6, 6.07) is 13.4. The molecule has 0 saturated carbocycles. The molecule has 2 aromatic rings. The van der Waals surface area contributed by atoms with Gasteiger partial charge in [-0.3, -0.25) is 4.79 Å². The number of benzene rings is 2. The lowest BCUT2D eigenvalue weighted by Crippen LogP contribution is -2.45. The molecule has 0 aliphatic carbocycles. The van der Waals surface area contributed by atoms with Crippen LogP contribution in [0.3, 0.4) is 0 Å². The van der Waals surface area contributed by atoms with Crippen molar-refractivity contribution < 1.29 is 9.53 Å². The van der Waals surface area contributed by atoms with Crippen LogP contribution in [0.5, 0.6) is 0 Å². The molecule has 1 amide bonds. The number of ether oxygens (including phenoxy) is 1. The second kappa shape index (κ2) is 7.26. The van der Waals surface area contributed by atoms with Gasteiger partial charge in [0.05, 0.1) is 5.41 Å². The molecule has 24 heavy (non-hydrogen) atoms. The molecule has 1 fully saturated rings. The second-order valence-electron chi connectivity index (χ2n) is 6.12. The van der Waals surface area contributed by atoms with Gasteiger partial charge in [-0.05, 0) is 61.2 Å². The van der Waals surface area contributed by atoms with Crippen molar-refractivity contribution in [2.45, 2.75) is 25.2 Å². The minimum atomic E-state index is -0.608. The summed E-state index contributed by atoms with van der Waals surface area (Å²) in [6.07, 6.45) is 1.30. The third-order valence-electron chi connectivity index (χ3n) is 4.59. The lowest BCUT2D eigenvalue weighted by molar-refractivity contribution is -0.125. The van der Waals surface area contributed by atoms with E-state index in [4.69, 9.17) is 16.3 Å². The standard InChI is InChI=1S/C19H19BrClNO2/c1-13-11-15(20)5-6-17(13)22-18(23)19(7-9-24-10-8-19)14-3-2-4-16(21)12-14/h2-6,11-12H,7-10H2,1H3,(H,22,23). The maximum Gasteiger partial charge on any atom is 0.235 e. The van der Waals surface area contributed by atoms with E-state index >= 15 is 0 Å². The summed E-state index contributed by atoms with van der Waals surface area (Å²) < 4.78 is 6.49. The molecule has 126 valence electrons. The quantitative estimate of drug-likeness (QED) is 0.767. The molecule has 0 atom stereocenters. The first-order valence-electron chi connectivity index (χ1n) is 7.93. The molecule has 1 saturated heterocycles. The van der Waals surface area contributed by atoms with Crippen molar-refractivity contribution in [3.05, 3.63) is 63.1 Å². The number of carbonyl (C=O) groups is 1. The van der Waals surface area contributed by atoms with Crippen LogP contribution in [-0.4, -0.2) is 19.1 Å². The summed E-state index contributed by atoms with van der Waals surface area (Å²) in [5.74, 6) is -0.00140. The van der Waals surface area contributed by atoms with Crippen molar-refractivity contribution in [1.29, 1.82) is 0 Å². The van der Waals surface area contributed by atoms with Gasteiger partial charge in [0.1, 0.15) is 0 Å². The maximum atomic E-state index is 13.2. The normalized spacial score (nSPS) is 16.6. The highest BCUT2D eigenvalue weighted by Gasteiger charge is 2.42. The van der Waals surface area contributed by atoms with Gasteiger partial charge in [-0.15, -0.1) is 0 Å². The number of carbonyl (C=O) groups excluding carboxylic acids is 1. The Morgan fingerprint density at radius 1 is 1.21 bits per heavy atom. The zero-order valence-electron chi connectivity index (χ0n) is 13.4. The lowest BCUT2D eigenvalue weighted by Gasteiger charge is -2.36. The van der Waals surface area contributed by atoms with Crippen LogP contribution in [0.1, 0.15) is 24.0 Å². The second-order valence-corrected chi connectivity index (χ2v) is 7.47. The van der Waals surface area contributed by atoms with E-state index in [0.717, 1.165) is 21.3 Å². The molecule has 0 aromatic heterocycles. The van der Waals surface area contributed by atoms with Crippen LogP contribution >= 0.6 is 27.5 Å². The van der Waals surface area contributed by atoms with E-state index in [0.29, 0.717) is 31.1 Å². The first kappa shape index (κ1) is 17.5. The fraction of sp³-hybridized carbons (Fsp3) is 0.316. The number of hydrogen-bond donors (Lipinski definition) is 1. The van der Waals surface area contributed by atoms with Crippen LogP contribution in [0.15, 0.2) is 46.9 Å². The van der Waals surface area contributed by atoms with Gasteiger partial charge < -0.3 is 10.1 Å². The fourth-order valence-corrected chi connectivity index (χ4v) is 3.83. The number of aryl methyl sites for hydroxylation is 1. The Kier molecular flexibility index (Phi) is 5.28. The Hall–Kier alpha value is -1.36. The highest BCUT2D eigenvalue weighted by molar-refractivity contribution is 9.10. The van der Waals surface area contributed by atoms with Gasteiger partial charge >= 0.3 is 0 Å². The first-order chi connectivity index (χ1) is 11.5. The molecule has 0 bridgehead atoms. The van der Waals surface area contributed by atoms with Gasteiger partial charge in [-0.25, -0.2) is 0 Å². The average Bonchev–Trinajstić information content (AvgIpc) is 2.58. The Morgan fingerprint density at radius 2 is 1.96 bits per heavy atom. The molecular weight excluding hydrogens is 390 g/mol. The lowest BCUT2D eigenvalue weighted by atomic mass is 9.73. The molecule has 5 heteroatoms. The van der Waals surface area contributed by atoms with Gasteiger partial charge in [0, 0.05) is 28.4 Å². The summed E-state index contributed by atoms with van der Waals surface area (Å²) in [5, 5.41) is 3.75. The van der Waals surface area contributed by atoms with E-state index in [1.54, 1.807) is 0 Å². The number of hydrogen-bond acceptors (Lipinski definition) is 2. The average molecular weight is 409 g/mol. The summed E-state index contributed by atoms with van der Waals surface area (Å²) in [5.41, 5.74) is 2.19. The zero-order valence-corrected chi connectivity index (χ0v) is 15.8. The Balaban J connectivity index is 1.95. The van der Waals surface area contributed by atoms with Crippen molar-refractivity contribution in [1.82, 2.24) is 0 Å². The molecule has 2 aromatic carbocycles. The van der Waals surface area contributed by atoms with E-state index in [1.807, 2.05) is 49.4 Å². The highest BCUT2D eigenvalue weighted by Crippen LogP contribution is 2.37. The van der Waals surface area contributed by atoms with E-state index in [-0.39, 0.29) is 5.91 Å². The monoisotopic (exact) mass is 407 g/mol. The van der Waals surface area contributed by atoms with Crippen molar-refractivity contribution in [2.24, 2.45) is 0 Å². The van der Waals surface area contributed by atoms with Crippen LogP contribution in [0.4, 0.5) is 5.69 Å². The topological polar surface area (TPSA) is 38.3 Å². The number of nitrogens with one attached hydrogen (secondary N) is 1. The van der Waals surface area contributed by atoms with Crippen molar-refractivity contribution in [3.8, 4) is 0 Å². The predicted molar refractivity (Wildman–Crippen MR) is 101 cm³/mol. The molecular formula is C19H19BrClNO2. The number of halogens is 2. The van der Waals surface area contributed by atoms with Crippen molar-refractivity contribution >= 4 is 39.1 Å². The highest BCUT2D eigenvalue weighted by atomic mass is 79.9. The largest absolute Gasteiger partial charge is 0.381 e. The molecule has 0 spiro atoms. The van der Waals surface area contributed by atoms with Gasteiger partial charge in [-0.2, -0.15) is 0 Å². The molecule has 1 heterocycles. The van der Waals surface area contributed by atoms with Gasteiger partial charge in [0.2, 0.25) is 5.91 Å². The predicted octanol–water partition coefficient (Wildman–Crippen LogP) is 5.10. The van der Waals surface area contributed by atoms with Crippen LogP contribution in [-0.2, 0) is 14.9 Å². The molecule has 1 aliphatic rings. The number of rotatable bonds is 3. The Labute approximate surface area is 155 Å². The summed E-state index contributed by atoms with van der Waals surface area (Å²) in [7, 11) is 0. The summed E-state index contributed by atoms with van der Waals surface area (Å²) >= 11 is 9.62. The van der Waals surface area contributed by atoms with Gasteiger partial charge in [0.15, 0.2) is 0 Å². The summed E-state index contributed by atoms with van der Waals surface area (Å²) in [6.45, 7) is 3.12. The maximum absolute atomic E-state index is 13.2. The molecule has 0 unspecified atom stereocenters. The minimum absolute atomic E-state index is 0.00140. The minimum Gasteiger partial charge on any atom is -0.381 e. The smallest absolute Gasteiger partial charge is 0.235 e.